The first-order valence-electron chi connectivity index (χ1n) is 5.11. The topological polar surface area (TPSA) is 26.3 Å². The quantitative estimate of drug-likeness (QED) is 0.581. The van der Waals surface area contributed by atoms with Crippen LogP contribution in [0.3, 0.4) is 0 Å². The molecule has 0 spiro atoms. The van der Waals surface area contributed by atoms with E-state index in [0.29, 0.717) is 11.8 Å². The summed E-state index contributed by atoms with van der Waals surface area (Å²) in [6.07, 6.45) is 1.12. The molecule has 0 aliphatic carbocycles. The maximum absolute atomic E-state index is 11.6. The van der Waals surface area contributed by atoms with Crippen LogP contribution in [-0.4, -0.2) is 22.7 Å². The lowest BCUT2D eigenvalue weighted by atomic mass is 10.1. The standard InChI is InChI=1S/C12H14Br2O2/c13-7-6-11(9-14)16-12(15)8-10-4-2-1-3-5-10/h1-5,11H,6-9H2/t11-/m1/s1. The predicted octanol–water partition coefficient (Wildman–Crippen LogP) is 3.32. The summed E-state index contributed by atoms with van der Waals surface area (Å²) in [5, 5.41) is 1.51. The third-order valence-corrected chi connectivity index (χ3v) is 3.27. The van der Waals surface area contributed by atoms with Gasteiger partial charge in [0.2, 0.25) is 0 Å². The van der Waals surface area contributed by atoms with E-state index in [1.807, 2.05) is 30.3 Å². The maximum atomic E-state index is 11.6. The van der Waals surface area contributed by atoms with Gasteiger partial charge in [0.1, 0.15) is 6.10 Å². The fraction of sp³-hybridized carbons (Fsp3) is 0.417. The summed E-state index contributed by atoms with van der Waals surface area (Å²) in [6, 6.07) is 9.62. The molecular weight excluding hydrogens is 336 g/mol. The van der Waals surface area contributed by atoms with Crippen LogP contribution in [-0.2, 0) is 16.0 Å². The van der Waals surface area contributed by atoms with Gasteiger partial charge in [-0.3, -0.25) is 4.79 Å². The Bertz CT molecular complexity index is 314. The molecule has 1 atom stereocenters. The highest BCUT2D eigenvalue weighted by Gasteiger charge is 2.12. The first kappa shape index (κ1) is 13.7. The molecule has 1 aromatic carbocycles. The second-order valence-electron chi connectivity index (χ2n) is 3.41. The second kappa shape index (κ2) is 7.85. The summed E-state index contributed by atoms with van der Waals surface area (Å²) in [4.78, 5) is 11.6. The van der Waals surface area contributed by atoms with Gasteiger partial charge in [0, 0.05) is 10.7 Å². The van der Waals surface area contributed by atoms with Crippen molar-refractivity contribution in [1.29, 1.82) is 0 Å². The molecule has 88 valence electrons. The number of hydrogen-bond donors (Lipinski definition) is 0. The van der Waals surface area contributed by atoms with Crippen LogP contribution in [0.15, 0.2) is 30.3 Å². The summed E-state index contributed by atoms with van der Waals surface area (Å²) in [5.41, 5.74) is 0.986. The van der Waals surface area contributed by atoms with Crippen molar-refractivity contribution < 1.29 is 9.53 Å². The fourth-order valence-electron chi connectivity index (χ4n) is 1.28. The lowest BCUT2D eigenvalue weighted by Crippen LogP contribution is -2.21. The average Bonchev–Trinajstić information content (AvgIpc) is 2.29. The van der Waals surface area contributed by atoms with E-state index in [4.69, 9.17) is 4.74 Å². The highest BCUT2D eigenvalue weighted by atomic mass is 79.9. The summed E-state index contributed by atoms with van der Waals surface area (Å²) in [7, 11) is 0. The number of esters is 1. The normalized spacial score (nSPS) is 12.1. The number of ether oxygens (including phenoxy) is 1. The van der Waals surface area contributed by atoms with E-state index in [2.05, 4.69) is 31.9 Å². The van der Waals surface area contributed by atoms with Crippen LogP contribution in [0.4, 0.5) is 0 Å². The predicted molar refractivity (Wildman–Crippen MR) is 72.2 cm³/mol. The van der Waals surface area contributed by atoms with Gasteiger partial charge in [-0.2, -0.15) is 0 Å². The van der Waals surface area contributed by atoms with E-state index in [1.54, 1.807) is 0 Å². The Hall–Kier alpha value is -0.350. The molecule has 0 aliphatic rings. The van der Waals surface area contributed by atoms with Crippen LogP contribution in [0, 0.1) is 0 Å². The monoisotopic (exact) mass is 348 g/mol. The third kappa shape index (κ3) is 5.12. The van der Waals surface area contributed by atoms with E-state index in [-0.39, 0.29) is 12.1 Å². The first-order chi connectivity index (χ1) is 7.76. The largest absolute Gasteiger partial charge is 0.461 e. The second-order valence-corrected chi connectivity index (χ2v) is 4.85. The van der Waals surface area contributed by atoms with Gasteiger partial charge in [-0.05, 0) is 12.0 Å². The van der Waals surface area contributed by atoms with Gasteiger partial charge < -0.3 is 4.74 Å². The van der Waals surface area contributed by atoms with Gasteiger partial charge >= 0.3 is 5.97 Å². The Morgan fingerprint density at radius 3 is 2.50 bits per heavy atom. The van der Waals surface area contributed by atoms with E-state index >= 15 is 0 Å². The zero-order valence-corrected chi connectivity index (χ0v) is 12.0. The zero-order chi connectivity index (χ0) is 11.8. The number of carbonyl (C=O) groups is 1. The Balaban J connectivity index is 2.41. The Morgan fingerprint density at radius 1 is 1.25 bits per heavy atom. The lowest BCUT2D eigenvalue weighted by molar-refractivity contribution is -0.147. The van der Waals surface area contributed by atoms with Crippen molar-refractivity contribution in [3.63, 3.8) is 0 Å². The molecule has 0 fully saturated rings. The number of hydrogen-bond acceptors (Lipinski definition) is 2. The molecule has 1 rings (SSSR count). The van der Waals surface area contributed by atoms with Crippen molar-refractivity contribution in [1.82, 2.24) is 0 Å². The van der Waals surface area contributed by atoms with Crippen LogP contribution in [0.1, 0.15) is 12.0 Å². The van der Waals surface area contributed by atoms with Gasteiger partial charge in [0.15, 0.2) is 0 Å². The number of alkyl halides is 2. The molecule has 0 aromatic heterocycles. The minimum atomic E-state index is -0.170. The number of rotatable bonds is 6. The Kier molecular flexibility index (Phi) is 6.73. The van der Waals surface area contributed by atoms with Gasteiger partial charge in [0.25, 0.3) is 0 Å². The summed E-state index contributed by atoms with van der Waals surface area (Å²) in [6.45, 7) is 0. The molecule has 0 radical (unpaired) electrons. The lowest BCUT2D eigenvalue weighted by Gasteiger charge is -2.14. The molecular formula is C12H14Br2O2. The number of benzene rings is 1. The van der Waals surface area contributed by atoms with E-state index < -0.39 is 0 Å². The van der Waals surface area contributed by atoms with Crippen LogP contribution in [0.25, 0.3) is 0 Å². The third-order valence-electron chi connectivity index (χ3n) is 2.09. The average molecular weight is 350 g/mol. The van der Waals surface area contributed by atoms with E-state index in [9.17, 15) is 4.79 Å². The first-order valence-corrected chi connectivity index (χ1v) is 7.36. The smallest absolute Gasteiger partial charge is 0.310 e. The fourth-order valence-corrected chi connectivity index (χ4v) is 2.25. The highest BCUT2D eigenvalue weighted by Crippen LogP contribution is 2.08. The summed E-state index contributed by atoms with van der Waals surface area (Å²) < 4.78 is 5.33. The minimum Gasteiger partial charge on any atom is -0.461 e. The molecule has 4 heteroatoms. The van der Waals surface area contributed by atoms with Crippen LogP contribution >= 0.6 is 31.9 Å². The molecule has 0 heterocycles. The van der Waals surface area contributed by atoms with E-state index in [1.165, 1.54) is 0 Å². The maximum Gasteiger partial charge on any atom is 0.310 e. The summed E-state index contributed by atoms with van der Waals surface area (Å²) >= 11 is 6.67. The van der Waals surface area contributed by atoms with Crippen molar-refractivity contribution in [3.8, 4) is 0 Å². The van der Waals surface area contributed by atoms with Crippen molar-refractivity contribution in [2.45, 2.75) is 18.9 Å². The zero-order valence-electron chi connectivity index (χ0n) is 8.86. The molecule has 0 unspecified atom stereocenters. The van der Waals surface area contributed by atoms with Crippen molar-refractivity contribution in [3.05, 3.63) is 35.9 Å². The highest BCUT2D eigenvalue weighted by molar-refractivity contribution is 9.09. The van der Waals surface area contributed by atoms with Crippen molar-refractivity contribution in [2.75, 3.05) is 10.7 Å². The molecule has 16 heavy (non-hydrogen) atoms. The van der Waals surface area contributed by atoms with Crippen molar-refractivity contribution in [2.24, 2.45) is 0 Å². The molecule has 0 saturated heterocycles. The molecule has 1 aromatic rings. The van der Waals surface area contributed by atoms with E-state index in [0.717, 1.165) is 17.3 Å². The molecule has 0 bridgehead atoms. The molecule has 0 amide bonds. The molecule has 0 aliphatic heterocycles. The molecule has 2 nitrogen and oxygen atoms in total. The van der Waals surface area contributed by atoms with Crippen LogP contribution in [0.2, 0.25) is 0 Å². The molecule has 0 saturated carbocycles. The van der Waals surface area contributed by atoms with Crippen molar-refractivity contribution >= 4 is 37.8 Å². The SMILES string of the molecule is O=C(Cc1ccccc1)O[C@@H](CBr)CCBr. The van der Waals surface area contributed by atoms with Gasteiger partial charge in [-0.1, -0.05) is 62.2 Å². The minimum absolute atomic E-state index is 0.0458. The van der Waals surface area contributed by atoms with Crippen LogP contribution < -0.4 is 0 Å². The van der Waals surface area contributed by atoms with Gasteiger partial charge in [-0.25, -0.2) is 0 Å². The van der Waals surface area contributed by atoms with Gasteiger partial charge in [0.05, 0.1) is 6.42 Å². The Morgan fingerprint density at radius 2 is 1.94 bits per heavy atom. The number of carbonyl (C=O) groups excluding carboxylic acids is 1. The summed E-state index contributed by atoms with van der Waals surface area (Å²) in [5.74, 6) is -0.170. The van der Waals surface area contributed by atoms with Gasteiger partial charge in [-0.15, -0.1) is 0 Å². The molecule has 0 N–H and O–H groups in total. The Labute approximate surface area is 113 Å². The van der Waals surface area contributed by atoms with Crippen LogP contribution in [0.5, 0.6) is 0 Å². The number of halogens is 2.